The van der Waals surface area contributed by atoms with Crippen LogP contribution in [0.15, 0.2) is 65.6 Å². The minimum Gasteiger partial charge on any atom is -0.493 e. The summed E-state index contributed by atoms with van der Waals surface area (Å²) in [6.07, 6.45) is 8.15. The molecule has 0 spiro atoms. The molecule has 1 N–H and O–H groups in total. The van der Waals surface area contributed by atoms with Gasteiger partial charge in [0.25, 0.3) is 0 Å². The van der Waals surface area contributed by atoms with Crippen molar-refractivity contribution in [2.45, 2.75) is 76.2 Å². The van der Waals surface area contributed by atoms with Crippen LogP contribution >= 0.6 is 0 Å². The lowest BCUT2D eigenvalue weighted by Crippen LogP contribution is -2.46. The summed E-state index contributed by atoms with van der Waals surface area (Å²) in [4.78, 5) is 14.0. The number of fused-ring (bicyclic) bond motifs is 1. The molecule has 1 heterocycles. The van der Waals surface area contributed by atoms with Gasteiger partial charge in [0.15, 0.2) is 0 Å². The molecule has 0 amide bonds. The standard InChI is InChI=1S/C35H43FN2O5S/c1-24(2)12-10-11-19-43-33-22-31-34(21-28(33)26-17-18-30(36)29(20-26)35(39)40)44(41,42)37(3)32(25-13-6-4-7-14-25)23-38(31)27-15-8-5-9-16-27/h5,8-9,15-18,20-22,24-25,32H,4,6-7,10-14,19,23H2,1-3H3,(H,39,40)/t32-/m0/s1. The predicted molar refractivity (Wildman–Crippen MR) is 172 cm³/mol. The van der Waals surface area contributed by atoms with Crippen molar-refractivity contribution in [3.63, 3.8) is 0 Å². The molecule has 1 aliphatic heterocycles. The number of hydrogen-bond donors (Lipinski definition) is 1. The summed E-state index contributed by atoms with van der Waals surface area (Å²) < 4.78 is 51.2. The maximum Gasteiger partial charge on any atom is 0.338 e. The number of nitrogens with zero attached hydrogens (tertiary/aromatic N) is 2. The SMILES string of the molecule is CC(C)CCCCOc1cc2c(cc1-c1ccc(F)c(C(=O)O)c1)S(=O)(=O)N(C)[C@H](C1CCCCC1)CN2c1ccccc1. The van der Waals surface area contributed by atoms with E-state index in [-0.39, 0.29) is 16.9 Å². The number of ether oxygens (including phenoxy) is 1. The first-order chi connectivity index (χ1) is 21.1. The van der Waals surface area contributed by atoms with Crippen LogP contribution in [0.25, 0.3) is 11.1 Å². The van der Waals surface area contributed by atoms with E-state index in [0.29, 0.717) is 41.6 Å². The minimum absolute atomic E-state index is 0.116. The Morgan fingerprint density at radius 2 is 1.75 bits per heavy atom. The number of para-hydroxylation sites is 1. The second-order valence-corrected chi connectivity index (χ2v) is 14.5. The summed E-state index contributed by atoms with van der Waals surface area (Å²) >= 11 is 0. The van der Waals surface area contributed by atoms with E-state index in [0.717, 1.165) is 56.7 Å². The topological polar surface area (TPSA) is 87.1 Å². The zero-order valence-corrected chi connectivity index (χ0v) is 26.7. The number of rotatable bonds is 10. The monoisotopic (exact) mass is 622 g/mol. The van der Waals surface area contributed by atoms with E-state index < -0.39 is 27.4 Å². The molecule has 3 aromatic carbocycles. The number of anilines is 2. The molecule has 3 aromatic rings. The molecule has 2 aliphatic rings. The van der Waals surface area contributed by atoms with Crippen molar-refractivity contribution in [2.24, 2.45) is 11.8 Å². The van der Waals surface area contributed by atoms with Gasteiger partial charge in [-0.3, -0.25) is 0 Å². The number of benzene rings is 3. The number of aromatic carboxylic acids is 1. The van der Waals surface area contributed by atoms with Gasteiger partial charge in [0.05, 0.1) is 17.9 Å². The fourth-order valence-corrected chi connectivity index (χ4v) is 8.16. The van der Waals surface area contributed by atoms with E-state index in [2.05, 4.69) is 18.7 Å². The first-order valence-corrected chi connectivity index (χ1v) is 17.2. The molecular formula is C35H43FN2O5S. The normalized spacial score (nSPS) is 19.0. The second-order valence-electron chi connectivity index (χ2n) is 12.5. The Bertz CT molecular complexity index is 1570. The molecule has 9 heteroatoms. The van der Waals surface area contributed by atoms with Gasteiger partial charge in [-0.2, -0.15) is 4.31 Å². The molecule has 0 saturated heterocycles. The van der Waals surface area contributed by atoms with Gasteiger partial charge >= 0.3 is 5.97 Å². The number of sulfonamides is 1. The fraction of sp³-hybridized carbons (Fsp3) is 0.457. The second kappa shape index (κ2) is 13.7. The smallest absolute Gasteiger partial charge is 0.338 e. The number of halogens is 1. The average Bonchev–Trinajstić information content (AvgIpc) is 3.09. The number of carbonyl (C=O) groups is 1. The van der Waals surface area contributed by atoms with Crippen molar-refractivity contribution in [1.82, 2.24) is 4.31 Å². The maximum atomic E-state index is 14.4. The van der Waals surface area contributed by atoms with Crippen LogP contribution in [-0.2, 0) is 10.0 Å². The minimum atomic E-state index is -3.97. The number of carboxylic acid groups (broad SMARTS) is 1. The summed E-state index contributed by atoms with van der Waals surface area (Å²) in [7, 11) is -2.30. The quantitative estimate of drug-likeness (QED) is 0.230. The third-order valence-corrected chi connectivity index (χ3v) is 11.0. The van der Waals surface area contributed by atoms with Crippen LogP contribution in [0.1, 0.15) is 75.6 Å². The summed E-state index contributed by atoms with van der Waals surface area (Å²) in [5, 5.41) is 9.63. The van der Waals surface area contributed by atoms with Crippen molar-refractivity contribution in [3.05, 3.63) is 72.0 Å². The third-order valence-electron chi connectivity index (χ3n) is 9.05. The van der Waals surface area contributed by atoms with Crippen LogP contribution in [0.2, 0.25) is 0 Å². The molecule has 236 valence electrons. The molecule has 0 bridgehead atoms. The molecule has 0 unspecified atom stereocenters. The van der Waals surface area contributed by atoms with Crippen LogP contribution in [0.4, 0.5) is 15.8 Å². The Hall–Kier alpha value is -3.43. The van der Waals surface area contributed by atoms with Gasteiger partial charge in [-0.1, -0.05) is 63.8 Å². The van der Waals surface area contributed by atoms with Gasteiger partial charge in [0, 0.05) is 37.0 Å². The molecule has 0 aromatic heterocycles. The van der Waals surface area contributed by atoms with Crippen LogP contribution in [0.3, 0.4) is 0 Å². The lowest BCUT2D eigenvalue weighted by Gasteiger charge is -2.36. The molecule has 7 nitrogen and oxygen atoms in total. The molecule has 1 atom stereocenters. The van der Waals surface area contributed by atoms with Crippen LogP contribution in [-0.4, -0.2) is 50.0 Å². The molecule has 1 aliphatic carbocycles. The fourth-order valence-electron chi connectivity index (χ4n) is 6.56. The number of hydrogen-bond acceptors (Lipinski definition) is 5. The Balaban J connectivity index is 1.68. The van der Waals surface area contributed by atoms with Gasteiger partial charge in [-0.15, -0.1) is 0 Å². The van der Waals surface area contributed by atoms with E-state index in [9.17, 15) is 22.7 Å². The summed E-state index contributed by atoms with van der Waals surface area (Å²) in [5.74, 6) is -1.01. The highest BCUT2D eigenvalue weighted by Gasteiger charge is 2.41. The van der Waals surface area contributed by atoms with Crippen molar-refractivity contribution >= 4 is 27.4 Å². The van der Waals surface area contributed by atoms with E-state index in [4.69, 9.17) is 4.74 Å². The maximum absolute atomic E-state index is 14.4. The lowest BCUT2D eigenvalue weighted by atomic mass is 9.83. The van der Waals surface area contributed by atoms with Crippen LogP contribution in [0, 0.1) is 17.7 Å². The molecule has 1 saturated carbocycles. The summed E-state index contributed by atoms with van der Waals surface area (Å²) in [5.41, 5.74) is 1.70. The molecule has 0 radical (unpaired) electrons. The Morgan fingerprint density at radius 3 is 2.43 bits per heavy atom. The number of carboxylic acids is 1. The zero-order chi connectivity index (χ0) is 31.4. The van der Waals surface area contributed by atoms with Crippen molar-refractivity contribution in [1.29, 1.82) is 0 Å². The highest BCUT2D eigenvalue weighted by molar-refractivity contribution is 7.89. The van der Waals surface area contributed by atoms with Crippen LogP contribution < -0.4 is 9.64 Å². The first-order valence-electron chi connectivity index (χ1n) is 15.7. The van der Waals surface area contributed by atoms with Gasteiger partial charge in [0.2, 0.25) is 10.0 Å². The van der Waals surface area contributed by atoms with Crippen LogP contribution in [0.5, 0.6) is 5.75 Å². The largest absolute Gasteiger partial charge is 0.493 e. The molecule has 1 fully saturated rings. The summed E-state index contributed by atoms with van der Waals surface area (Å²) in [6, 6.07) is 16.8. The summed E-state index contributed by atoms with van der Waals surface area (Å²) in [6.45, 7) is 5.25. The molecule has 5 rings (SSSR count). The molecular weight excluding hydrogens is 579 g/mol. The first kappa shape index (κ1) is 32.0. The zero-order valence-electron chi connectivity index (χ0n) is 25.8. The highest BCUT2D eigenvalue weighted by atomic mass is 32.2. The van der Waals surface area contributed by atoms with Gasteiger partial charge in [-0.25, -0.2) is 17.6 Å². The number of likely N-dealkylation sites (N-methyl/N-ethyl adjacent to an activating group) is 1. The highest BCUT2D eigenvalue weighted by Crippen LogP contribution is 2.45. The number of unbranched alkanes of at least 4 members (excludes halogenated alkanes) is 1. The Labute approximate surface area is 260 Å². The van der Waals surface area contributed by atoms with Crippen molar-refractivity contribution in [3.8, 4) is 16.9 Å². The van der Waals surface area contributed by atoms with Gasteiger partial charge in [-0.05, 0) is 73.4 Å². The van der Waals surface area contributed by atoms with E-state index in [1.54, 1.807) is 19.2 Å². The Morgan fingerprint density at radius 1 is 1.02 bits per heavy atom. The Kier molecular flexibility index (Phi) is 9.95. The van der Waals surface area contributed by atoms with Gasteiger partial charge in [0.1, 0.15) is 16.5 Å². The van der Waals surface area contributed by atoms with Gasteiger partial charge < -0.3 is 14.7 Å². The van der Waals surface area contributed by atoms with E-state index >= 15 is 0 Å². The third kappa shape index (κ3) is 6.79. The van der Waals surface area contributed by atoms with E-state index in [1.165, 1.54) is 22.9 Å². The molecule has 44 heavy (non-hydrogen) atoms. The average molecular weight is 623 g/mol. The van der Waals surface area contributed by atoms with Crippen molar-refractivity contribution in [2.75, 3.05) is 25.1 Å². The van der Waals surface area contributed by atoms with E-state index in [1.807, 2.05) is 30.3 Å². The predicted octanol–water partition coefficient (Wildman–Crippen LogP) is 8.12. The lowest BCUT2D eigenvalue weighted by molar-refractivity contribution is 0.0692. The van der Waals surface area contributed by atoms with Crippen molar-refractivity contribution < 1.29 is 27.4 Å².